The lowest BCUT2D eigenvalue weighted by atomic mass is 10.0. The highest BCUT2D eigenvalue weighted by Crippen LogP contribution is 2.23. The minimum atomic E-state index is -0.183. The van der Waals surface area contributed by atoms with E-state index in [1.807, 2.05) is 6.07 Å². The number of carbonyl (C=O) groups excluding carboxylic acids is 1. The summed E-state index contributed by atoms with van der Waals surface area (Å²) in [5, 5.41) is 3.08. The summed E-state index contributed by atoms with van der Waals surface area (Å²) in [5.74, 6) is 0.443. The number of benzene rings is 1. The number of rotatable bonds is 9. The number of nitrogens with one attached hydrogen (secondary N) is 1. The molecule has 0 radical (unpaired) electrons. The van der Waals surface area contributed by atoms with Gasteiger partial charge in [0.05, 0.1) is 0 Å². The SMILES string of the molecule is CCCN(CCC)c1nccc(C(=O)Nc2c(CC)cccc2CC)n1. The quantitative estimate of drug-likeness (QED) is 0.721. The predicted octanol–water partition coefficient (Wildman–Crippen LogP) is 4.48. The van der Waals surface area contributed by atoms with Crippen molar-refractivity contribution < 1.29 is 4.79 Å². The normalized spacial score (nSPS) is 10.6. The molecule has 0 aliphatic heterocycles. The Balaban J connectivity index is 2.27. The van der Waals surface area contributed by atoms with Crippen molar-refractivity contribution in [3.8, 4) is 0 Å². The van der Waals surface area contributed by atoms with E-state index in [4.69, 9.17) is 0 Å². The molecule has 2 rings (SSSR count). The third-order valence-electron chi connectivity index (χ3n) is 4.38. The Morgan fingerprint density at radius 2 is 1.62 bits per heavy atom. The van der Waals surface area contributed by atoms with Crippen LogP contribution in [0.4, 0.5) is 11.6 Å². The van der Waals surface area contributed by atoms with E-state index in [2.05, 4.69) is 60.0 Å². The standard InChI is InChI=1S/C21H30N4O/c1-5-14-25(15-6-2)21-22-13-12-18(23-21)20(26)24-19-16(7-3)10-9-11-17(19)8-4/h9-13H,5-8,14-15H2,1-4H3,(H,24,26). The van der Waals surface area contributed by atoms with Crippen LogP contribution in [0, 0.1) is 0 Å². The zero-order valence-electron chi connectivity index (χ0n) is 16.4. The summed E-state index contributed by atoms with van der Waals surface area (Å²) in [4.78, 5) is 23.8. The molecule has 1 amide bonds. The van der Waals surface area contributed by atoms with Crippen molar-refractivity contribution in [2.45, 2.75) is 53.4 Å². The third-order valence-corrected chi connectivity index (χ3v) is 4.38. The zero-order chi connectivity index (χ0) is 18.9. The smallest absolute Gasteiger partial charge is 0.274 e. The van der Waals surface area contributed by atoms with Crippen molar-refractivity contribution in [2.75, 3.05) is 23.3 Å². The van der Waals surface area contributed by atoms with Crippen molar-refractivity contribution in [1.29, 1.82) is 0 Å². The summed E-state index contributed by atoms with van der Waals surface area (Å²) in [5.41, 5.74) is 3.61. The number of para-hydroxylation sites is 1. The van der Waals surface area contributed by atoms with Gasteiger partial charge in [0.1, 0.15) is 5.69 Å². The highest BCUT2D eigenvalue weighted by atomic mass is 16.1. The van der Waals surface area contributed by atoms with Crippen molar-refractivity contribution in [2.24, 2.45) is 0 Å². The van der Waals surface area contributed by atoms with E-state index in [1.165, 1.54) is 0 Å². The Kier molecular flexibility index (Phi) is 7.57. The van der Waals surface area contributed by atoms with Gasteiger partial charge in [-0.3, -0.25) is 4.79 Å². The Bertz CT molecular complexity index is 701. The van der Waals surface area contributed by atoms with Crippen LogP contribution in [0.1, 0.15) is 62.2 Å². The van der Waals surface area contributed by atoms with E-state index in [0.717, 1.165) is 55.6 Å². The van der Waals surface area contributed by atoms with Gasteiger partial charge in [-0.05, 0) is 42.9 Å². The lowest BCUT2D eigenvalue weighted by Crippen LogP contribution is -2.28. The molecule has 0 saturated carbocycles. The number of carbonyl (C=O) groups is 1. The van der Waals surface area contributed by atoms with Gasteiger partial charge in [0.15, 0.2) is 0 Å². The van der Waals surface area contributed by atoms with Crippen LogP contribution in [0.5, 0.6) is 0 Å². The number of amides is 1. The molecule has 140 valence electrons. The summed E-state index contributed by atoms with van der Waals surface area (Å²) < 4.78 is 0. The van der Waals surface area contributed by atoms with Crippen molar-refractivity contribution in [1.82, 2.24) is 9.97 Å². The molecule has 0 fully saturated rings. The fraction of sp³-hybridized carbons (Fsp3) is 0.476. The summed E-state index contributed by atoms with van der Waals surface area (Å²) >= 11 is 0. The molecular weight excluding hydrogens is 324 g/mol. The number of hydrogen-bond donors (Lipinski definition) is 1. The van der Waals surface area contributed by atoms with Gasteiger partial charge in [-0.2, -0.15) is 0 Å². The molecule has 26 heavy (non-hydrogen) atoms. The number of aromatic nitrogens is 2. The molecule has 2 aromatic rings. The average molecular weight is 354 g/mol. The molecule has 0 aliphatic rings. The first-order chi connectivity index (χ1) is 12.6. The van der Waals surface area contributed by atoms with Crippen LogP contribution in [0.3, 0.4) is 0 Å². The first-order valence-corrected chi connectivity index (χ1v) is 9.64. The summed E-state index contributed by atoms with van der Waals surface area (Å²) in [7, 11) is 0. The molecule has 1 heterocycles. The molecule has 5 nitrogen and oxygen atoms in total. The molecule has 0 atom stereocenters. The van der Waals surface area contributed by atoms with Gasteiger partial charge in [-0.15, -0.1) is 0 Å². The monoisotopic (exact) mass is 354 g/mol. The van der Waals surface area contributed by atoms with Gasteiger partial charge in [-0.1, -0.05) is 45.9 Å². The highest BCUT2D eigenvalue weighted by Gasteiger charge is 2.15. The van der Waals surface area contributed by atoms with Crippen molar-refractivity contribution >= 4 is 17.5 Å². The maximum atomic E-state index is 12.8. The second-order valence-electron chi connectivity index (χ2n) is 6.34. The molecule has 1 aromatic carbocycles. The molecule has 0 bridgehead atoms. The lowest BCUT2D eigenvalue weighted by molar-refractivity contribution is 0.102. The average Bonchev–Trinajstić information content (AvgIpc) is 2.68. The molecule has 0 aliphatic carbocycles. The minimum absolute atomic E-state index is 0.183. The fourth-order valence-corrected chi connectivity index (χ4v) is 3.06. The predicted molar refractivity (Wildman–Crippen MR) is 108 cm³/mol. The van der Waals surface area contributed by atoms with E-state index in [-0.39, 0.29) is 5.91 Å². The Morgan fingerprint density at radius 1 is 1.00 bits per heavy atom. The van der Waals surface area contributed by atoms with E-state index in [0.29, 0.717) is 11.6 Å². The molecule has 0 unspecified atom stereocenters. The second-order valence-corrected chi connectivity index (χ2v) is 6.34. The van der Waals surface area contributed by atoms with E-state index in [9.17, 15) is 4.79 Å². The third kappa shape index (κ3) is 4.81. The van der Waals surface area contributed by atoms with Crippen molar-refractivity contribution in [3.05, 3.63) is 47.3 Å². The molecular formula is C21H30N4O. The molecule has 1 aromatic heterocycles. The van der Waals surface area contributed by atoms with E-state index in [1.54, 1.807) is 12.3 Å². The molecule has 0 spiro atoms. The van der Waals surface area contributed by atoms with Crippen molar-refractivity contribution in [3.63, 3.8) is 0 Å². The van der Waals surface area contributed by atoms with Crippen LogP contribution in [-0.4, -0.2) is 29.0 Å². The Hall–Kier alpha value is -2.43. The first-order valence-electron chi connectivity index (χ1n) is 9.64. The maximum absolute atomic E-state index is 12.8. The highest BCUT2D eigenvalue weighted by molar-refractivity contribution is 6.03. The Labute approximate surface area is 156 Å². The van der Waals surface area contributed by atoms with Crippen LogP contribution >= 0.6 is 0 Å². The maximum Gasteiger partial charge on any atom is 0.274 e. The second kappa shape index (κ2) is 9.90. The summed E-state index contributed by atoms with van der Waals surface area (Å²) in [6.07, 6.45) is 5.45. The molecule has 5 heteroatoms. The topological polar surface area (TPSA) is 58.1 Å². The molecule has 1 N–H and O–H groups in total. The lowest BCUT2D eigenvalue weighted by Gasteiger charge is -2.21. The van der Waals surface area contributed by atoms with Gasteiger partial charge in [-0.25, -0.2) is 9.97 Å². The van der Waals surface area contributed by atoms with Crippen LogP contribution < -0.4 is 10.2 Å². The van der Waals surface area contributed by atoms with Gasteiger partial charge < -0.3 is 10.2 Å². The van der Waals surface area contributed by atoms with Gasteiger partial charge >= 0.3 is 0 Å². The van der Waals surface area contributed by atoms with Crippen LogP contribution in [0.2, 0.25) is 0 Å². The molecule has 0 saturated heterocycles. The van der Waals surface area contributed by atoms with Gasteiger partial charge in [0, 0.05) is 25.0 Å². The van der Waals surface area contributed by atoms with Crippen LogP contribution in [-0.2, 0) is 12.8 Å². The number of aryl methyl sites for hydroxylation is 2. The summed E-state index contributed by atoms with van der Waals surface area (Å²) in [6, 6.07) is 7.84. The number of hydrogen-bond acceptors (Lipinski definition) is 4. The first kappa shape index (κ1) is 19.9. The fourth-order valence-electron chi connectivity index (χ4n) is 3.06. The van der Waals surface area contributed by atoms with Crippen LogP contribution in [0.25, 0.3) is 0 Å². The Morgan fingerprint density at radius 3 is 2.15 bits per heavy atom. The largest absolute Gasteiger partial charge is 0.341 e. The van der Waals surface area contributed by atoms with Gasteiger partial charge in [0.25, 0.3) is 5.91 Å². The van der Waals surface area contributed by atoms with E-state index < -0.39 is 0 Å². The zero-order valence-corrected chi connectivity index (χ0v) is 16.4. The van der Waals surface area contributed by atoms with E-state index >= 15 is 0 Å². The van der Waals surface area contributed by atoms with Gasteiger partial charge in [0.2, 0.25) is 5.95 Å². The summed E-state index contributed by atoms with van der Waals surface area (Å²) in [6.45, 7) is 10.2. The van der Waals surface area contributed by atoms with Crippen LogP contribution in [0.15, 0.2) is 30.5 Å². The number of anilines is 2. The minimum Gasteiger partial charge on any atom is -0.341 e. The number of nitrogens with zero attached hydrogens (tertiary/aromatic N) is 3.